The van der Waals surface area contributed by atoms with Gasteiger partial charge in [-0.1, -0.05) is 13.8 Å². The van der Waals surface area contributed by atoms with Gasteiger partial charge in [-0.3, -0.25) is 4.79 Å². The Hall–Kier alpha value is -0.360. The molecule has 0 aromatic rings. The molecule has 1 fully saturated rings. The molecule has 1 saturated heterocycles. The zero-order chi connectivity index (χ0) is 12.9. The maximum atomic E-state index is 11.8. The lowest BCUT2D eigenvalue weighted by atomic mass is 9.87. The summed E-state index contributed by atoms with van der Waals surface area (Å²) in [5.41, 5.74) is -0.0979. The first-order valence-electron chi connectivity index (χ1n) is 6.18. The largest absolute Gasteiger partial charge is 0.393 e. The minimum atomic E-state index is -0.349. The van der Waals surface area contributed by atoms with E-state index in [9.17, 15) is 9.90 Å². The Balaban J connectivity index is 0.00000289. The topological polar surface area (TPSA) is 70.6 Å². The molecule has 1 aliphatic rings. The zero-order valence-corrected chi connectivity index (χ0v) is 12.2. The van der Waals surface area contributed by atoms with E-state index in [4.69, 9.17) is 4.74 Å². The van der Waals surface area contributed by atoms with E-state index in [0.29, 0.717) is 26.2 Å². The van der Waals surface area contributed by atoms with Crippen LogP contribution in [-0.4, -0.2) is 49.5 Å². The van der Waals surface area contributed by atoms with E-state index < -0.39 is 0 Å². The molecule has 1 amide bonds. The molecule has 1 rings (SSSR count). The fourth-order valence-electron chi connectivity index (χ4n) is 2.06. The van der Waals surface area contributed by atoms with Crippen molar-refractivity contribution in [2.24, 2.45) is 5.41 Å². The van der Waals surface area contributed by atoms with Gasteiger partial charge in [0.05, 0.1) is 19.3 Å². The van der Waals surface area contributed by atoms with Gasteiger partial charge in [-0.25, -0.2) is 0 Å². The van der Waals surface area contributed by atoms with Crippen molar-refractivity contribution in [2.45, 2.75) is 39.3 Å². The number of aliphatic hydroxyl groups excluding tert-OH is 1. The van der Waals surface area contributed by atoms with E-state index >= 15 is 0 Å². The molecule has 5 nitrogen and oxygen atoms in total. The molecule has 108 valence electrons. The van der Waals surface area contributed by atoms with Crippen molar-refractivity contribution >= 4 is 18.3 Å². The summed E-state index contributed by atoms with van der Waals surface area (Å²) in [4.78, 5) is 11.8. The Bertz CT molecular complexity index is 254. The minimum absolute atomic E-state index is 0. The van der Waals surface area contributed by atoms with E-state index in [1.54, 1.807) is 6.92 Å². The van der Waals surface area contributed by atoms with Crippen LogP contribution in [-0.2, 0) is 9.53 Å². The lowest BCUT2D eigenvalue weighted by molar-refractivity contribution is -0.126. The molecule has 1 aliphatic heterocycles. The van der Waals surface area contributed by atoms with Crippen LogP contribution < -0.4 is 10.6 Å². The molecule has 6 heteroatoms. The summed E-state index contributed by atoms with van der Waals surface area (Å²) in [5.74, 6) is -0.0247. The van der Waals surface area contributed by atoms with E-state index in [1.165, 1.54) is 0 Å². The van der Waals surface area contributed by atoms with Gasteiger partial charge in [-0.15, -0.1) is 12.4 Å². The van der Waals surface area contributed by atoms with Crippen LogP contribution in [0.1, 0.15) is 27.2 Å². The fourth-order valence-corrected chi connectivity index (χ4v) is 2.06. The number of carbonyl (C=O) groups excluding carboxylic acids is 1. The lowest BCUT2D eigenvalue weighted by Crippen LogP contribution is -2.52. The molecule has 0 radical (unpaired) electrons. The van der Waals surface area contributed by atoms with Crippen LogP contribution in [0.15, 0.2) is 0 Å². The second-order valence-electron chi connectivity index (χ2n) is 5.52. The highest BCUT2D eigenvalue weighted by atomic mass is 35.5. The van der Waals surface area contributed by atoms with Crippen molar-refractivity contribution in [2.75, 3.05) is 26.3 Å². The molecule has 0 aromatic carbocycles. The molecule has 0 spiro atoms. The average Bonchev–Trinajstić information content (AvgIpc) is 2.25. The lowest BCUT2D eigenvalue weighted by Gasteiger charge is -2.28. The molecule has 0 aliphatic carbocycles. The van der Waals surface area contributed by atoms with Gasteiger partial charge in [0.1, 0.15) is 6.04 Å². The first kappa shape index (κ1) is 17.6. The quantitative estimate of drug-likeness (QED) is 0.678. The summed E-state index contributed by atoms with van der Waals surface area (Å²) in [7, 11) is 0. The van der Waals surface area contributed by atoms with Crippen LogP contribution in [0.3, 0.4) is 0 Å². The Morgan fingerprint density at radius 3 is 2.78 bits per heavy atom. The average molecular weight is 281 g/mol. The molecule has 18 heavy (non-hydrogen) atoms. The smallest absolute Gasteiger partial charge is 0.239 e. The predicted octanol–water partition coefficient (Wildman–Crippen LogP) is 0.310. The van der Waals surface area contributed by atoms with Gasteiger partial charge in [-0.2, -0.15) is 0 Å². The number of carbonyl (C=O) groups is 1. The number of amides is 1. The third kappa shape index (κ3) is 6.54. The third-order valence-corrected chi connectivity index (χ3v) is 2.83. The Morgan fingerprint density at radius 2 is 2.28 bits per heavy atom. The molecule has 1 heterocycles. The second-order valence-corrected chi connectivity index (χ2v) is 5.52. The van der Waals surface area contributed by atoms with Gasteiger partial charge in [-0.05, 0) is 18.8 Å². The molecule has 2 unspecified atom stereocenters. The molecular formula is C12H25ClN2O3. The summed E-state index contributed by atoms with van der Waals surface area (Å²) >= 11 is 0. The van der Waals surface area contributed by atoms with Gasteiger partial charge >= 0.3 is 0 Å². The third-order valence-electron chi connectivity index (χ3n) is 2.83. The van der Waals surface area contributed by atoms with Gasteiger partial charge in [0.25, 0.3) is 0 Å². The number of halogens is 1. The van der Waals surface area contributed by atoms with Crippen molar-refractivity contribution in [3.05, 3.63) is 0 Å². The van der Waals surface area contributed by atoms with Gasteiger partial charge < -0.3 is 20.5 Å². The van der Waals surface area contributed by atoms with E-state index in [1.807, 2.05) is 13.8 Å². The highest BCUT2D eigenvalue weighted by Crippen LogP contribution is 2.21. The van der Waals surface area contributed by atoms with Crippen LogP contribution in [0.25, 0.3) is 0 Å². The number of rotatable bonds is 5. The molecule has 0 saturated carbocycles. The van der Waals surface area contributed by atoms with Crippen molar-refractivity contribution in [3.63, 3.8) is 0 Å². The normalized spacial score (nSPS) is 21.9. The standard InChI is InChI=1S/C12H24N2O3.ClH/c1-9(15)6-12(2,3)8-14-11(16)10-7-17-5-4-13-10;/h9-10,13,15H,4-8H2,1-3H3,(H,14,16);1H. The van der Waals surface area contributed by atoms with Crippen LogP contribution >= 0.6 is 12.4 Å². The second kappa shape index (κ2) is 7.94. The van der Waals surface area contributed by atoms with Crippen LogP contribution in [0, 0.1) is 5.41 Å². The van der Waals surface area contributed by atoms with Gasteiger partial charge in [0.2, 0.25) is 5.91 Å². The number of nitrogens with one attached hydrogen (secondary N) is 2. The highest BCUT2D eigenvalue weighted by molar-refractivity contribution is 5.85. The van der Waals surface area contributed by atoms with Crippen molar-refractivity contribution in [1.29, 1.82) is 0 Å². The molecule has 0 aromatic heterocycles. The van der Waals surface area contributed by atoms with Gasteiger partial charge in [0, 0.05) is 13.1 Å². The summed E-state index contributed by atoms with van der Waals surface area (Å²) in [5, 5.41) is 15.4. The van der Waals surface area contributed by atoms with Crippen LogP contribution in [0.4, 0.5) is 0 Å². The first-order valence-corrected chi connectivity index (χ1v) is 6.18. The Labute approximate surface area is 115 Å². The fraction of sp³-hybridized carbons (Fsp3) is 0.917. The SMILES string of the molecule is CC(O)CC(C)(C)CNC(=O)C1COCCN1.Cl. The summed E-state index contributed by atoms with van der Waals surface area (Å²) < 4.78 is 5.24. The Kier molecular flexibility index (Phi) is 7.78. The summed E-state index contributed by atoms with van der Waals surface area (Å²) in [6.45, 7) is 8.21. The van der Waals surface area contributed by atoms with Crippen molar-refractivity contribution in [3.8, 4) is 0 Å². The Morgan fingerprint density at radius 1 is 1.61 bits per heavy atom. The zero-order valence-electron chi connectivity index (χ0n) is 11.4. The molecule has 2 atom stereocenters. The first-order chi connectivity index (χ1) is 7.91. The van der Waals surface area contributed by atoms with E-state index in [-0.39, 0.29) is 35.9 Å². The van der Waals surface area contributed by atoms with Gasteiger partial charge in [0.15, 0.2) is 0 Å². The molecule has 0 bridgehead atoms. The van der Waals surface area contributed by atoms with Crippen LogP contribution in [0.2, 0.25) is 0 Å². The number of aliphatic hydroxyl groups is 1. The van der Waals surface area contributed by atoms with Crippen molar-refractivity contribution in [1.82, 2.24) is 10.6 Å². The van der Waals surface area contributed by atoms with Crippen LogP contribution in [0.5, 0.6) is 0 Å². The number of hydrogen-bond acceptors (Lipinski definition) is 4. The summed E-state index contributed by atoms with van der Waals surface area (Å²) in [6, 6.07) is -0.244. The number of morpholine rings is 1. The molecule has 3 N–H and O–H groups in total. The number of ether oxygens (including phenoxy) is 1. The van der Waals surface area contributed by atoms with E-state index in [0.717, 1.165) is 6.54 Å². The van der Waals surface area contributed by atoms with E-state index in [2.05, 4.69) is 10.6 Å². The maximum absolute atomic E-state index is 11.8. The highest BCUT2D eigenvalue weighted by Gasteiger charge is 2.25. The number of hydrogen-bond donors (Lipinski definition) is 3. The monoisotopic (exact) mass is 280 g/mol. The maximum Gasteiger partial charge on any atom is 0.239 e. The summed E-state index contributed by atoms with van der Waals surface area (Å²) in [6.07, 6.45) is 0.319. The minimum Gasteiger partial charge on any atom is -0.393 e. The van der Waals surface area contributed by atoms with Crippen molar-refractivity contribution < 1.29 is 14.6 Å². The molecular weight excluding hydrogens is 256 g/mol. The predicted molar refractivity (Wildman–Crippen MR) is 72.9 cm³/mol.